The number of nitrogens with two attached hydrogens (primary N) is 2. The van der Waals surface area contributed by atoms with Crippen LogP contribution < -0.4 is 33.3 Å². The molecule has 2 aromatic carbocycles. The number of halogens is 2. The van der Waals surface area contributed by atoms with Crippen molar-refractivity contribution in [1.29, 1.82) is 0 Å². The van der Waals surface area contributed by atoms with Gasteiger partial charge < -0.3 is 42.6 Å². The topological polar surface area (TPSA) is 140 Å². The number of Topliss-reactive ketones (excluding diaryl/α,β-unsaturated/α-hetero) is 1. The Morgan fingerprint density at radius 1 is 0.818 bits per heavy atom. The van der Waals surface area contributed by atoms with Crippen molar-refractivity contribution in [2.75, 3.05) is 59.5 Å². The molecule has 44 heavy (non-hydrogen) atoms. The molecule has 1 aromatic heterocycles. The van der Waals surface area contributed by atoms with Crippen LogP contribution in [0.15, 0.2) is 48.5 Å². The first-order valence-corrected chi connectivity index (χ1v) is 14.7. The Morgan fingerprint density at radius 3 is 1.77 bits per heavy atom. The minimum atomic E-state index is -0.379. The van der Waals surface area contributed by atoms with Gasteiger partial charge in [0.05, 0.1) is 54.4 Å². The van der Waals surface area contributed by atoms with E-state index in [1.54, 1.807) is 14.2 Å². The smallest absolute Gasteiger partial charge is 0.306 e. The van der Waals surface area contributed by atoms with E-state index in [-0.39, 0.29) is 65.4 Å². The van der Waals surface area contributed by atoms with Crippen molar-refractivity contribution in [3.05, 3.63) is 70.5 Å². The predicted octanol–water partition coefficient (Wildman–Crippen LogP) is 1.78. The molecule has 0 spiro atoms. The van der Waals surface area contributed by atoms with E-state index in [2.05, 4.69) is 41.3 Å². The van der Waals surface area contributed by atoms with Crippen molar-refractivity contribution in [2.24, 2.45) is 5.92 Å². The quantitative estimate of drug-likeness (QED) is 0.127. The monoisotopic (exact) mass is 647 g/mol. The van der Waals surface area contributed by atoms with Crippen molar-refractivity contribution in [3.63, 3.8) is 0 Å². The average molecular weight is 649 g/mol. The van der Waals surface area contributed by atoms with Crippen LogP contribution in [0.4, 0.5) is 11.6 Å². The molecule has 0 aliphatic carbocycles. The molecule has 0 fully saturated rings. The number of hydrogen-bond donors (Lipinski definition) is 2. The first-order chi connectivity index (χ1) is 20.6. The molecule has 10 nitrogen and oxygen atoms in total. The van der Waals surface area contributed by atoms with Gasteiger partial charge in [-0.25, -0.2) is 9.97 Å². The Bertz CT molecular complexity index is 1300. The molecule has 0 saturated carbocycles. The number of rotatable bonds is 17. The molecule has 1 atom stereocenters. The fourth-order valence-electron chi connectivity index (χ4n) is 5.36. The highest BCUT2D eigenvalue weighted by Crippen LogP contribution is 2.25. The number of aryl methyl sites for hydroxylation is 2. The zero-order valence-corrected chi connectivity index (χ0v) is 27.4. The Labute approximate surface area is 271 Å². The van der Waals surface area contributed by atoms with E-state index in [4.69, 9.17) is 37.3 Å². The normalized spacial score (nSPS) is 11.8. The highest BCUT2D eigenvalue weighted by Gasteiger charge is 2.31. The van der Waals surface area contributed by atoms with Gasteiger partial charge in [-0.15, -0.1) is 0 Å². The number of aromatic nitrogens is 2. The second-order valence-corrected chi connectivity index (χ2v) is 11.4. The molecule has 4 N–H and O–H groups in total. The third-order valence-corrected chi connectivity index (χ3v) is 7.95. The van der Waals surface area contributed by atoms with Crippen LogP contribution in [-0.2, 0) is 22.4 Å². The van der Waals surface area contributed by atoms with Gasteiger partial charge in [0.2, 0.25) is 0 Å². The summed E-state index contributed by atoms with van der Waals surface area (Å²) in [5, 5.41) is -0.0836. The van der Waals surface area contributed by atoms with Crippen molar-refractivity contribution < 1.29 is 40.7 Å². The third-order valence-electron chi connectivity index (χ3n) is 7.67. The number of carbonyl (C=O) groups excluding carboxylic acids is 2. The van der Waals surface area contributed by atoms with E-state index in [0.29, 0.717) is 11.0 Å². The molecule has 0 bridgehead atoms. The summed E-state index contributed by atoms with van der Waals surface area (Å²) in [4.78, 5) is 33.8. The third kappa shape index (κ3) is 11.2. The predicted molar refractivity (Wildman–Crippen MR) is 168 cm³/mol. The summed E-state index contributed by atoms with van der Waals surface area (Å²) in [6.45, 7) is 2.30. The van der Waals surface area contributed by atoms with Gasteiger partial charge in [-0.3, -0.25) is 9.59 Å². The lowest BCUT2D eigenvalue weighted by Crippen LogP contribution is -3.00. The molecule has 0 aliphatic rings. The SMILES string of the molecule is COC(=O)CC(CC(=O)c1nc(Cl)c(N)nc1N)C[N+](C)(CCCc1ccc(OC)cc1)CCCc1ccc(OC)cc1.[Cl-]. The molecule has 3 rings (SSSR count). The number of ether oxygens (including phenoxy) is 3. The zero-order chi connectivity index (χ0) is 31.4. The van der Waals surface area contributed by atoms with Crippen LogP contribution in [0.25, 0.3) is 0 Å². The van der Waals surface area contributed by atoms with Crippen LogP contribution in [0.5, 0.6) is 11.5 Å². The molecular weight excluding hydrogens is 605 g/mol. The Kier molecular flexibility index (Phi) is 14.7. The molecule has 240 valence electrons. The standard InChI is InChI=1S/C32H42ClN5O5.ClH/c1-38(17-5-7-22-9-13-25(41-2)14-10-22,18-6-8-23-11-15-26(42-3)16-12-23)21-24(20-28(40)43-4)19-27(39)29-31(34)37-32(35)30(33)36-29;/h9-16,24H,5-8,17-21H2,1-4H3,(H3-,34,35,37,39);1H. The van der Waals surface area contributed by atoms with Crippen LogP contribution in [0.1, 0.15) is 47.3 Å². The van der Waals surface area contributed by atoms with Crippen LogP contribution >= 0.6 is 11.6 Å². The van der Waals surface area contributed by atoms with Crippen molar-refractivity contribution in [3.8, 4) is 11.5 Å². The summed E-state index contributed by atoms with van der Waals surface area (Å²) in [7, 11) is 6.84. The van der Waals surface area contributed by atoms with E-state index in [9.17, 15) is 9.59 Å². The fourth-order valence-corrected chi connectivity index (χ4v) is 5.48. The van der Waals surface area contributed by atoms with E-state index in [1.165, 1.54) is 18.2 Å². The molecule has 0 amide bonds. The highest BCUT2D eigenvalue weighted by atomic mass is 35.5. The van der Waals surface area contributed by atoms with Crippen molar-refractivity contribution in [1.82, 2.24) is 9.97 Å². The van der Waals surface area contributed by atoms with Crippen molar-refractivity contribution >= 4 is 35.0 Å². The van der Waals surface area contributed by atoms with Gasteiger partial charge in [-0.05, 0) is 48.2 Å². The number of methoxy groups -OCH3 is 3. The number of quaternary nitrogens is 1. The lowest BCUT2D eigenvalue weighted by atomic mass is 9.95. The van der Waals surface area contributed by atoms with Crippen LogP contribution in [0, 0.1) is 5.92 Å². The van der Waals surface area contributed by atoms with E-state index < -0.39 is 0 Å². The summed E-state index contributed by atoms with van der Waals surface area (Å²) in [5.74, 6) is 0.486. The minimum Gasteiger partial charge on any atom is -1.00 e. The maximum Gasteiger partial charge on any atom is 0.306 e. The largest absolute Gasteiger partial charge is 1.00 e. The maximum atomic E-state index is 13.3. The second-order valence-electron chi connectivity index (χ2n) is 11.1. The Balaban J connectivity index is 0.00000675. The Hall–Kier alpha value is -3.60. The van der Waals surface area contributed by atoms with Gasteiger partial charge in [-0.2, -0.15) is 0 Å². The van der Waals surface area contributed by atoms with Gasteiger partial charge in [0.1, 0.15) is 17.2 Å². The zero-order valence-electron chi connectivity index (χ0n) is 25.9. The van der Waals surface area contributed by atoms with Crippen molar-refractivity contribution in [2.45, 2.75) is 38.5 Å². The molecule has 0 aliphatic heterocycles. The number of carbonyl (C=O) groups is 2. The summed E-state index contributed by atoms with van der Waals surface area (Å²) in [6, 6.07) is 16.2. The summed E-state index contributed by atoms with van der Waals surface area (Å²) >= 11 is 6.03. The first kappa shape index (κ1) is 36.6. The lowest BCUT2D eigenvalue weighted by Gasteiger charge is -2.37. The number of ketones is 1. The van der Waals surface area contributed by atoms with E-state index in [0.717, 1.165) is 50.3 Å². The number of benzene rings is 2. The molecule has 0 radical (unpaired) electrons. The maximum absolute atomic E-state index is 13.3. The van der Waals surface area contributed by atoms with Gasteiger partial charge in [-0.1, -0.05) is 35.9 Å². The summed E-state index contributed by atoms with van der Waals surface area (Å²) in [6.07, 6.45) is 3.77. The number of anilines is 2. The molecule has 1 heterocycles. The number of nitrogens with zero attached hydrogens (tertiary/aromatic N) is 3. The highest BCUT2D eigenvalue weighted by molar-refractivity contribution is 6.31. The fraction of sp³-hybridized carbons (Fsp3) is 0.438. The second kappa shape index (κ2) is 17.6. The average Bonchev–Trinajstić information content (AvgIpc) is 2.99. The van der Waals surface area contributed by atoms with Crippen LogP contribution in [0.3, 0.4) is 0 Å². The van der Waals surface area contributed by atoms with Gasteiger partial charge in [0.15, 0.2) is 22.6 Å². The van der Waals surface area contributed by atoms with Gasteiger partial charge in [0.25, 0.3) is 0 Å². The van der Waals surface area contributed by atoms with Gasteiger partial charge in [0, 0.05) is 25.2 Å². The number of nitrogen functional groups attached to an aromatic ring is 2. The summed E-state index contributed by atoms with van der Waals surface area (Å²) < 4.78 is 16.2. The molecular formula is C32H43Cl2N5O5. The molecule has 3 aromatic rings. The van der Waals surface area contributed by atoms with Gasteiger partial charge >= 0.3 is 5.97 Å². The minimum absolute atomic E-state index is 0. The van der Waals surface area contributed by atoms with E-state index >= 15 is 0 Å². The molecule has 1 unspecified atom stereocenters. The Morgan fingerprint density at radius 2 is 1.32 bits per heavy atom. The molecule has 0 saturated heterocycles. The summed E-state index contributed by atoms with van der Waals surface area (Å²) in [5.41, 5.74) is 14.1. The van der Waals surface area contributed by atoms with E-state index in [1.807, 2.05) is 24.3 Å². The van der Waals surface area contributed by atoms with Crippen LogP contribution in [0.2, 0.25) is 5.15 Å². The molecule has 12 heteroatoms. The lowest BCUT2D eigenvalue weighted by molar-refractivity contribution is -0.913. The van der Waals surface area contributed by atoms with Crippen LogP contribution in [-0.4, -0.2) is 74.2 Å². The first-order valence-electron chi connectivity index (χ1n) is 14.3. The number of hydrogen-bond acceptors (Lipinski definition) is 9. The number of esters is 1.